The van der Waals surface area contributed by atoms with Crippen molar-refractivity contribution < 1.29 is 18.3 Å². The van der Waals surface area contributed by atoms with E-state index in [4.69, 9.17) is 4.74 Å². The lowest BCUT2D eigenvalue weighted by molar-refractivity contribution is 0.0114. The second-order valence-electron chi connectivity index (χ2n) is 5.40. The Bertz CT molecular complexity index is 713. The molecule has 0 aliphatic carbocycles. The van der Waals surface area contributed by atoms with Crippen molar-refractivity contribution >= 4 is 9.84 Å². The van der Waals surface area contributed by atoms with Gasteiger partial charge in [0.2, 0.25) is 0 Å². The average molecular weight is 318 g/mol. The maximum Gasteiger partial charge on any atom is 0.184 e. The number of rotatable bonds is 4. The zero-order valence-corrected chi connectivity index (χ0v) is 12.8. The molecule has 3 rings (SSSR count). The average Bonchev–Trinajstić information content (AvgIpc) is 3.02. The molecular formula is C17H18O4S. The van der Waals surface area contributed by atoms with Gasteiger partial charge in [-0.15, -0.1) is 0 Å². The fourth-order valence-corrected chi connectivity index (χ4v) is 4.76. The van der Waals surface area contributed by atoms with Gasteiger partial charge in [-0.2, -0.15) is 0 Å². The van der Waals surface area contributed by atoms with E-state index in [0.717, 1.165) is 5.56 Å². The zero-order valence-electron chi connectivity index (χ0n) is 12.0. The molecule has 1 aliphatic heterocycles. The summed E-state index contributed by atoms with van der Waals surface area (Å²) >= 11 is 0. The highest BCUT2D eigenvalue weighted by Crippen LogP contribution is 2.39. The minimum absolute atomic E-state index is 0.176. The van der Waals surface area contributed by atoms with Crippen molar-refractivity contribution in [3.8, 4) is 0 Å². The van der Waals surface area contributed by atoms with Crippen molar-refractivity contribution in [1.82, 2.24) is 0 Å². The van der Waals surface area contributed by atoms with Gasteiger partial charge in [-0.25, -0.2) is 8.42 Å². The maximum absolute atomic E-state index is 12.9. The van der Waals surface area contributed by atoms with Crippen molar-refractivity contribution in [1.29, 1.82) is 0 Å². The first kappa shape index (κ1) is 15.2. The highest BCUT2D eigenvalue weighted by molar-refractivity contribution is 7.92. The highest BCUT2D eigenvalue weighted by Gasteiger charge is 2.44. The van der Waals surface area contributed by atoms with Crippen LogP contribution in [-0.2, 0) is 14.6 Å². The summed E-state index contributed by atoms with van der Waals surface area (Å²) in [5.41, 5.74) is 0.822. The van der Waals surface area contributed by atoms with E-state index < -0.39 is 27.3 Å². The lowest BCUT2D eigenvalue weighted by atomic mass is 10.1. The number of sulfone groups is 1. The summed E-state index contributed by atoms with van der Waals surface area (Å²) in [6.07, 6.45) is -0.704. The van der Waals surface area contributed by atoms with Crippen LogP contribution in [0.5, 0.6) is 0 Å². The number of ether oxygens (including phenoxy) is 1. The molecule has 2 aromatic carbocycles. The van der Waals surface area contributed by atoms with Crippen molar-refractivity contribution in [3.63, 3.8) is 0 Å². The Morgan fingerprint density at radius 3 is 2.18 bits per heavy atom. The minimum atomic E-state index is -3.52. The number of benzene rings is 2. The van der Waals surface area contributed by atoms with Crippen LogP contribution in [0.3, 0.4) is 0 Å². The summed E-state index contributed by atoms with van der Waals surface area (Å²) in [6, 6.07) is 17.7. The first-order valence-electron chi connectivity index (χ1n) is 7.23. The summed E-state index contributed by atoms with van der Waals surface area (Å²) in [4.78, 5) is 0.295. The van der Waals surface area contributed by atoms with Gasteiger partial charge < -0.3 is 9.84 Å². The fourth-order valence-electron chi connectivity index (χ4n) is 2.86. The monoisotopic (exact) mass is 318 g/mol. The third-order valence-electron chi connectivity index (χ3n) is 3.97. The first-order valence-corrected chi connectivity index (χ1v) is 8.78. The smallest absolute Gasteiger partial charge is 0.184 e. The molecule has 0 aromatic heterocycles. The molecule has 0 amide bonds. The molecule has 5 heteroatoms. The van der Waals surface area contributed by atoms with Gasteiger partial charge in [0.05, 0.1) is 22.9 Å². The fraction of sp³-hybridized carbons (Fsp3) is 0.294. The quantitative estimate of drug-likeness (QED) is 0.940. The number of aliphatic hydroxyl groups excluding tert-OH is 1. The summed E-state index contributed by atoms with van der Waals surface area (Å²) < 4.78 is 31.6. The highest BCUT2D eigenvalue weighted by atomic mass is 32.2. The third kappa shape index (κ3) is 2.79. The molecule has 2 aromatic rings. The molecule has 1 fully saturated rings. The molecule has 3 atom stereocenters. The molecule has 0 unspecified atom stereocenters. The van der Waals surface area contributed by atoms with Crippen LogP contribution < -0.4 is 0 Å². The Labute approximate surface area is 130 Å². The predicted molar refractivity (Wildman–Crippen MR) is 83.2 cm³/mol. The molecule has 22 heavy (non-hydrogen) atoms. The molecule has 1 saturated heterocycles. The van der Waals surface area contributed by atoms with Crippen LogP contribution in [0.25, 0.3) is 0 Å². The molecule has 1 N–H and O–H groups in total. The van der Waals surface area contributed by atoms with Crippen LogP contribution in [0.15, 0.2) is 65.6 Å². The van der Waals surface area contributed by atoms with Crippen molar-refractivity contribution in [2.45, 2.75) is 28.8 Å². The van der Waals surface area contributed by atoms with Gasteiger partial charge in [0.1, 0.15) is 6.10 Å². The molecular weight excluding hydrogens is 300 g/mol. The molecule has 1 aliphatic rings. The first-order chi connectivity index (χ1) is 10.6. The van der Waals surface area contributed by atoms with Crippen LogP contribution in [0.2, 0.25) is 0 Å². The Hall–Kier alpha value is -1.69. The number of hydrogen-bond donors (Lipinski definition) is 1. The Kier molecular flexibility index (Phi) is 4.29. The summed E-state index contributed by atoms with van der Waals surface area (Å²) in [5.74, 6) is 0. The Morgan fingerprint density at radius 1 is 1.00 bits per heavy atom. The van der Waals surface area contributed by atoms with Crippen molar-refractivity contribution in [2.24, 2.45) is 0 Å². The number of hydrogen-bond acceptors (Lipinski definition) is 4. The van der Waals surface area contributed by atoms with Crippen molar-refractivity contribution in [3.05, 3.63) is 66.2 Å². The normalized spacial score (nSPS) is 25.2. The molecule has 0 saturated carbocycles. The lowest BCUT2D eigenvalue weighted by Gasteiger charge is -2.19. The standard InChI is InChI=1S/C17H18O4S/c18-12-14-11-16(17(21-14)13-7-3-1-4-8-13)22(19,20)15-9-5-2-6-10-15/h1-10,14,16-18H,11-12H2/t14-,16+,17-/m0/s1. The lowest BCUT2D eigenvalue weighted by Crippen LogP contribution is -2.25. The second kappa shape index (κ2) is 6.20. The van der Waals surface area contributed by atoms with Crippen LogP contribution in [-0.4, -0.2) is 31.5 Å². The van der Waals surface area contributed by atoms with E-state index in [0.29, 0.717) is 11.3 Å². The van der Waals surface area contributed by atoms with Gasteiger partial charge in [0.15, 0.2) is 9.84 Å². The summed E-state index contributed by atoms with van der Waals surface area (Å²) in [6.45, 7) is -0.176. The summed E-state index contributed by atoms with van der Waals surface area (Å²) in [7, 11) is -3.52. The maximum atomic E-state index is 12.9. The molecule has 0 radical (unpaired) electrons. The summed E-state index contributed by atoms with van der Waals surface area (Å²) in [5, 5.41) is 8.68. The minimum Gasteiger partial charge on any atom is -0.394 e. The van der Waals surface area contributed by atoms with Crippen molar-refractivity contribution in [2.75, 3.05) is 6.61 Å². The largest absolute Gasteiger partial charge is 0.394 e. The Morgan fingerprint density at radius 2 is 1.59 bits per heavy atom. The van der Waals surface area contributed by atoms with E-state index in [2.05, 4.69) is 0 Å². The SMILES string of the molecule is O=S(=O)(c1ccccc1)[C@@H]1C[C@@H](CO)O[C@H]1c1ccccc1. The zero-order chi connectivity index (χ0) is 15.6. The molecule has 4 nitrogen and oxygen atoms in total. The van der Waals surface area contributed by atoms with Crippen LogP contribution in [0.1, 0.15) is 18.1 Å². The molecule has 0 bridgehead atoms. The van der Waals surface area contributed by atoms with E-state index in [1.54, 1.807) is 30.3 Å². The molecule has 116 valence electrons. The van der Waals surface area contributed by atoms with E-state index >= 15 is 0 Å². The van der Waals surface area contributed by atoms with Gasteiger partial charge in [0.25, 0.3) is 0 Å². The molecule has 1 heterocycles. The topological polar surface area (TPSA) is 63.6 Å². The van der Waals surface area contributed by atoms with E-state index in [-0.39, 0.29) is 6.61 Å². The van der Waals surface area contributed by atoms with E-state index in [9.17, 15) is 13.5 Å². The van der Waals surface area contributed by atoms with Crippen LogP contribution >= 0.6 is 0 Å². The number of aliphatic hydroxyl groups is 1. The second-order valence-corrected chi connectivity index (χ2v) is 7.57. The molecule has 0 spiro atoms. The van der Waals surface area contributed by atoms with Crippen LogP contribution in [0.4, 0.5) is 0 Å². The van der Waals surface area contributed by atoms with E-state index in [1.807, 2.05) is 30.3 Å². The third-order valence-corrected chi connectivity index (χ3v) is 6.14. The van der Waals surface area contributed by atoms with Gasteiger partial charge in [0, 0.05) is 0 Å². The van der Waals surface area contributed by atoms with Gasteiger partial charge >= 0.3 is 0 Å². The van der Waals surface area contributed by atoms with Crippen LogP contribution in [0, 0.1) is 0 Å². The predicted octanol–water partition coefficient (Wildman–Crippen LogP) is 2.35. The Balaban J connectivity index is 2.00. The van der Waals surface area contributed by atoms with Gasteiger partial charge in [-0.3, -0.25) is 0 Å². The van der Waals surface area contributed by atoms with E-state index in [1.165, 1.54) is 0 Å². The van der Waals surface area contributed by atoms with Gasteiger partial charge in [-0.1, -0.05) is 48.5 Å². The van der Waals surface area contributed by atoms with Gasteiger partial charge in [-0.05, 0) is 24.1 Å².